The van der Waals surface area contributed by atoms with E-state index >= 15 is 0 Å². The second-order valence-electron chi connectivity index (χ2n) is 6.12. The first kappa shape index (κ1) is 19.2. The number of anilines is 3. The quantitative estimate of drug-likeness (QED) is 0.627. The molecule has 6 nitrogen and oxygen atoms in total. The topological polar surface area (TPSA) is 72.5 Å². The first-order chi connectivity index (χ1) is 13.6. The van der Waals surface area contributed by atoms with Crippen LogP contribution >= 0.6 is 0 Å². The summed E-state index contributed by atoms with van der Waals surface area (Å²) in [5.74, 6) is 0.896. The lowest BCUT2D eigenvalue weighted by atomic mass is 10.1. The van der Waals surface area contributed by atoms with Crippen LogP contribution in [0.2, 0.25) is 0 Å². The largest absolute Gasteiger partial charge is 0.497 e. The second kappa shape index (κ2) is 8.90. The molecule has 144 valence electrons. The third-order valence-electron chi connectivity index (χ3n) is 4.33. The number of aromatic nitrogens is 1. The number of hydrogen-bond acceptors (Lipinski definition) is 5. The van der Waals surface area contributed by atoms with Crippen LogP contribution in [0.1, 0.15) is 22.8 Å². The predicted molar refractivity (Wildman–Crippen MR) is 111 cm³/mol. The summed E-state index contributed by atoms with van der Waals surface area (Å²) in [5.41, 5.74) is 3.94. The molecular formula is C22H23N3O3. The highest BCUT2D eigenvalue weighted by molar-refractivity contribution is 6.05. The molecule has 1 aromatic heterocycles. The number of carbonyl (C=O) groups excluding carboxylic acids is 1. The molecule has 1 amide bonds. The van der Waals surface area contributed by atoms with Crippen LogP contribution in [0.5, 0.6) is 11.5 Å². The van der Waals surface area contributed by atoms with Crippen molar-refractivity contribution in [2.24, 2.45) is 0 Å². The molecule has 0 atom stereocenters. The van der Waals surface area contributed by atoms with Gasteiger partial charge in [0, 0.05) is 18.0 Å². The van der Waals surface area contributed by atoms with Crippen LogP contribution in [0.4, 0.5) is 17.1 Å². The molecule has 0 bridgehead atoms. The molecule has 0 saturated carbocycles. The standard InChI is InChI=1S/C22H23N3O3/c1-4-15-7-5-6-8-19(15)24-17-11-16(13-23-14-17)22(26)25-20-10-9-18(27-2)12-21(20)28-3/h5-14,24H,4H2,1-3H3,(H,25,26). The summed E-state index contributed by atoms with van der Waals surface area (Å²) in [6.07, 6.45) is 4.13. The van der Waals surface area contributed by atoms with Crippen LogP contribution in [0.3, 0.4) is 0 Å². The van der Waals surface area contributed by atoms with Crippen molar-refractivity contribution in [3.8, 4) is 11.5 Å². The van der Waals surface area contributed by atoms with Crippen molar-refractivity contribution in [3.63, 3.8) is 0 Å². The second-order valence-corrected chi connectivity index (χ2v) is 6.12. The molecule has 0 radical (unpaired) electrons. The number of pyridine rings is 1. The van der Waals surface area contributed by atoms with Gasteiger partial charge in [-0.2, -0.15) is 0 Å². The fourth-order valence-corrected chi connectivity index (χ4v) is 2.83. The van der Waals surface area contributed by atoms with E-state index in [1.165, 1.54) is 11.8 Å². The highest BCUT2D eigenvalue weighted by atomic mass is 16.5. The van der Waals surface area contributed by atoms with Crippen LogP contribution in [-0.2, 0) is 6.42 Å². The number of benzene rings is 2. The van der Waals surface area contributed by atoms with Gasteiger partial charge in [0.1, 0.15) is 11.5 Å². The number of ether oxygens (including phenoxy) is 2. The lowest BCUT2D eigenvalue weighted by molar-refractivity contribution is 0.102. The molecule has 0 saturated heterocycles. The van der Waals surface area contributed by atoms with Gasteiger partial charge in [-0.25, -0.2) is 0 Å². The first-order valence-corrected chi connectivity index (χ1v) is 8.98. The van der Waals surface area contributed by atoms with Crippen molar-refractivity contribution >= 4 is 23.0 Å². The van der Waals surface area contributed by atoms with Gasteiger partial charge in [0.25, 0.3) is 5.91 Å². The minimum absolute atomic E-state index is 0.275. The molecule has 3 aromatic rings. The summed E-state index contributed by atoms with van der Waals surface area (Å²) in [6.45, 7) is 2.10. The van der Waals surface area contributed by atoms with E-state index in [1.54, 1.807) is 44.7 Å². The normalized spacial score (nSPS) is 10.2. The van der Waals surface area contributed by atoms with E-state index in [1.807, 2.05) is 18.2 Å². The van der Waals surface area contributed by atoms with Crippen molar-refractivity contribution in [2.45, 2.75) is 13.3 Å². The fraction of sp³-hybridized carbons (Fsp3) is 0.182. The van der Waals surface area contributed by atoms with Crippen molar-refractivity contribution in [3.05, 3.63) is 72.1 Å². The van der Waals surface area contributed by atoms with Crippen molar-refractivity contribution in [1.82, 2.24) is 4.98 Å². The van der Waals surface area contributed by atoms with E-state index in [0.717, 1.165) is 17.8 Å². The predicted octanol–water partition coefficient (Wildman–Crippen LogP) is 4.66. The van der Waals surface area contributed by atoms with Crippen molar-refractivity contribution < 1.29 is 14.3 Å². The number of nitrogens with zero attached hydrogens (tertiary/aromatic N) is 1. The zero-order chi connectivity index (χ0) is 19.9. The SMILES string of the molecule is CCc1ccccc1Nc1cncc(C(=O)Nc2ccc(OC)cc2OC)c1. The number of nitrogens with one attached hydrogen (secondary N) is 2. The third-order valence-corrected chi connectivity index (χ3v) is 4.33. The highest BCUT2D eigenvalue weighted by Crippen LogP contribution is 2.29. The van der Waals surface area contributed by atoms with Gasteiger partial charge in [0.05, 0.1) is 37.4 Å². The number of amides is 1. The molecule has 6 heteroatoms. The number of methoxy groups -OCH3 is 2. The molecule has 3 rings (SSSR count). The molecule has 0 fully saturated rings. The van der Waals surface area contributed by atoms with Crippen molar-refractivity contribution in [1.29, 1.82) is 0 Å². The number of hydrogen-bond donors (Lipinski definition) is 2. The minimum atomic E-state index is -0.275. The van der Waals surface area contributed by atoms with Gasteiger partial charge in [-0.05, 0) is 36.2 Å². The number of aryl methyl sites for hydroxylation is 1. The summed E-state index contributed by atoms with van der Waals surface area (Å²) in [6, 6.07) is 15.0. The van der Waals surface area contributed by atoms with Crippen LogP contribution in [0.25, 0.3) is 0 Å². The average Bonchev–Trinajstić information content (AvgIpc) is 2.74. The smallest absolute Gasteiger partial charge is 0.257 e. The maximum Gasteiger partial charge on any atom is 0.257 e. The molecule has 28 heavy (non-hydrogen) atoms. The summed E-state index contributed by atoms with van der Waals surface area (Å²) < 4.78 is 10.5. The average molecular weight is 377 g/mol. The zero-order valence-electron chi connectivity index (χ0n) is 16.2. The van der Waals surface area contributed by atoms with Gasteiger partial charge >= 0.3 is 0 Å². The van der Waals surface area contributed by atoms with Crippen molar-refractivity contribution in [2.75, 3.05) is 24.9 Å². The lowest BCUT2D eigenvalue weighted by Gasteiger charge is -2.13. The first-order valence-electron chi connectivity index (χ1n) is 8.98. The molecule has 0 aliphatic rings. The summed E-state index contributed by atoms with van der Waals surface area (Å²) in [4.78, 5) is 16.9. The molecule has 2 N–H and O–H groups in total. The summed E-state index contributed by atoms with van der Waals surface area (Å²) in [7, 11) is 3.12. The van der Waals surface area contributed by atoms with Crippen LogP contribution < -0.4 is 20.1 Å². The molecular weight excluding hydrogens is 354 g/mol. The molecule has 0 aliphatic heterocycles. The fourth-order valence-electron chi connectivity index (χ4n) is 2.83. The third kappa shape index (κ3) is 4.40. The Hall–Kier alpha value is -3.54. The summed E-state index contributed by atoms with van der Waals surface area (Å²) in [5, 5.41) is 6.19. The Balaban J connectivity index is 1.79. The lowest BCUT2D eigenvalue weighted by Crippen LogP contribution is -2.13. The van der Waals surface area contributed by atoms with Crippen LogP contribution in [-0.4, -0.2) is 25.1 Å². The van der Waals surface area contributed by atoms with Crippen LogP contribution in [0, 0.1) is 0 Å². The highest BCUT2D eigenvalue weighted by Gasteiger charge is 2.12. The Kier molecular flexibility index (Phi) is 6.11. The van der Waals surface area contributed by atoms with Gasteiger partial charge in [-0.1, -0.05) is 25.1 Å². The Morgan fingerprint density at radius 1 is 1.00 bits per heavy atom. The van der Waals surface area contributed by atoms with E-state index in [9.17, 15) is 4.79 Å². The molecule has 0 aliphatic carbocycles. The van der Waals surface area contributed by atoms with E-state index in [4.69, 9.17) is 9.47 Å². The zero-order valence-corrected chi connectivity index (χ0v) is 16.2. The van der Waals surface area contributed by atoms with Gasteiger partial charge in [0.2, 0.25) is 0 Å². The maximum atomic E-state index is 12.7. The van der Waals surface area contributed by atoms with E-state index in [2.05, 4.69) is 28.6 Å². The monoisotopic (exact) mass is 377 g/mol. The van der Waals surface area contributed by atoms with Crippen LogP contribution in [0.15, 0.2) is 60.9 Å². The number of carbonyl (C=O) groups is 1. The molecule has 2 aromatic carbocycles. The number of rotatable bonds is 7. The van der Waals surface area contributed by atoms with Gasteiger partial charge in [-0.15, -0.1) is 0 Å². The van der Waals surface area contributed by atoms with Gasteiger partial charge in [0.15, 0.2) is 0 Å². The van der Waals surface area contributed by atoms with E-state index in [-0.39, 0.29) is 5.91 Å². The Bertz CT molecular complexity index is 973. The van der Waals surface area contributed by atoms with Gasteiger partial charge in [-0.3, -0.25) is 9.78 Å². The Morgan fingerprint density at radius 3 is 2.57 bits per heavy atom. The van der Waals surface area contributed by atoms with E-state index in [0.29, 0.717) is 22.7 Å². The number of para-hydroxylation sites is 1. The molecule has 0 spiro atoms. The maximum absolute atomic E-state index is 12.7. The minimum Gasteiger partial charge on any atom is -0.497 e. The Labute approximate surface area is 164 Å². The van der Waals surface area contributed by atoms with Gasteiger partial charge < -0.3 is 20.1 Å². The summed E-state index contributed by atoms with van der Waals surface area (Å²) >= 11 is 0. The van der Waals surface area contributed by atoms with E-state index < -0.39 is 0 Å². The Morgan fingerprint density at radius 2 is 1.82 bits per heavy atom. The molecule has 0 unspecified atom stereocenters. The molecule has 1 heterocycles.